The van der Waals surface area contributed by atoms with Crippen molar-refractivity contribution in [2.45, 2.75) is 38.2 Å². The van der Waals surface area contributed by atoms with Crippen LogP contribution in [0.2, 0.25) is 0 Å². The van der Waals surface area contributed by atoms with Gasteiger partial charge in [0.05, 0.1) is 11.5 Å². The zero-order valence-electron chi connectivity index (χ0n) is 16.5. The maximum atomic E-state index is 15.0. The van der Waals surface area contributed by atoms with E-state index in [-0.39, 0.29) is 17.8 Å². The Balaban J connectivity index is 1.50. The number of pyridine rings is 1. The van der Waals surface area contributed by atoms with Crippen LogP contribution in [0.4, 0.5) is 4.39 Å². The molecule has 2 aliphatic rings. The molecule has 2 fully saturated rings. The fraction of sp³-hybridized carbons (Fsp3) is 0.478. The Morgan fingerprint density at radius 2 is 2.07 bits per heavy atom. The van der Waals surface area contributed by atoms with Gasteiger partial charge in [0, 0.05) is 44.3 Å². The van der Waals surface area contributed by atoms with E-state index in [1.165, 1.54) is 6.07 Å². The first-order valence-corrected chi connectivity index (χ1v) is 10.3. The average molecular weight is 398 g/mol. The van der Waals surface area contributed by atoms with Gasteiger partial charge in [0.1, 0.15) is 5.82 Å². The van der Waals surface area contributed by atoms with Gasteiger partial charge >= 0.3 is 0 Å². The number of hydrogen-bond donors (Lipinski definition) is 1. The van der Waals surface area contributed by atoms with E-state index in [2.05, 4.69) is 10.3 Å². The molecule has 2 aliphatic heterocycles. The van der Waals surface area contributed by atoms with Gasteiger partial charge in [-0.05, 0) is 55.4 Å². The molecule has 154 valence electrons. The van der Waals surface area contributed by atoms with Gasteiger partial charge in [0.2, 0.25) is 5.91 Å². The van der Waals surface area contributed by atoms with Crippen LogP contribution in [0.5, 0.6) is 0 Å². The van der Waals surface area contributed by atoms with Crippen molar-refractivity contribution < 1.29 is 18.7 Å². The van der Waals surface area contributed by atoms with Crippen LogP contribution in [0.25, 0.3) is 11.1 Å². The monoisotopic (exact) mass is 398 g/mol. The fourth-order valence-corrected chi connectivity index (χ4v) is 4.21. The number of rotatable bonds is 6. The van der Waals surface area contributed by atoms with E-state index in [4.69, 9.17) is 9.47 Å². The predicted molar refractivity (Wildman–Crippen MR) is 108 cm³/mol. The maximum Gasteiger partial charge on any atom is 0.226 e. The van der Waals surface area contributed by atoms with Crippen LogP contribution in [0.3, 0.4) is 0 Å². The molecule has 1 N–H and O–H groups in total. The zero-order valence-corrected chi connectivity index (χ0v) is 16.5. The predicted octanol–water partition coefficient (Wildman–Crippen LogP) is 3.52. The van der Waals surface area contributed by atoms with Crippen molar-refractivity contribution in [1.29, 1.82) is 0 Å². The fourth-order valence-electron chi connectivity index (χ4n) is 4.21. The van der Waals surface area contributed by atoms with Gasteiger partial charge in [0.15, 0.2) is 0 Å². The van der Waals surface area contributed by atoms with Gasteiger partial charge in [-0.15, -0.1) is 0 Å². The van der Waals surface area contributed by atoms with Gasteiger partial charge in [0.25, 0.3) is 0 Å². The Morgan fingerprint density at radius 3 is 2.76 bits per heavy atom. The van der Waals surface area contributed by atoms with Crippen LogP contribution in [0.1, 0.15) is 31.2 Å². The molecule has 0 bridgehead atoms. The van der Waals surface area contributed by atoms with Gasteiger partial charge in [-0.25, -0.2) is 4.39 Å². The molecule has 0 saturated carbocycles. The molecule has 1 atom stereocenters. The molecular weight excluding hydrogens is 371 g/mol. The number of carbonyl (C=O) groups excluding carboxylic acids is 1. The second kappa shape index (κ2) is 9.01. The molecule has 3 heterocycles. The van der Waals surface area contributed by atoms with E-state index in [1.807, 2.05) is 18.2 Å². The van der Waals surface area contributed by atoms with Gasteiger partial charge in [-0.2, -0.15) is 0 Å². The minimum Gasteiger partial charge on any atom is -0.381 e. The maximum absolute atomic E-state index is 15.0. The molecule has 6 heteroatoms. The number of carbonyl (C=O) groups is 1. The highest BCUT2D eigenvalue weighted by Gasteiger charge is 2.41. The van der Waals surface area contributed by atoms with Crippen LogP contribution in [0.15, 0.2) is 42.7 Å². The van der Waals surface area contributed by atoms with E-state index < -0.39 is 5.41 Å². The minimum absolute atomic E-state index is 0.0213. The van der Waals surface area contributed by atoms with Crippen molar-refractivity contribution >= 4 is 5.91 Å². The van der Waals surface area contributed by atoms with Crippen molar-refractivity contribution in [2.75, 3.05) is 26.4 Å². The molecule has 0 unspecified atom stereocenters. The summed E-state index contributed by atoms with van der Waals surface area (Å²) in [5, 5.41) is 3.06. The summed E-state index contributed by atoms with van der Waals surface area (Å²) in [5.41, 5.74) is 1.57. The zero-order chi connectivity index (χ0) is 20.1. The number of aromatic nitrogens is 1. The highest BCUT2D eigenvalue weighted by Crippen LogP contribution is 2.36. The summed E-state index contributed by atoms with van der Waals surface area (Å²) >= 11 is 0. The summed E-state index contributed by atoms with van der Waals surface area (Å²) in [7, 11) is 0. The molecule has 1 aromatic carbocycles. The highest BCUT2D eigenvalue weighted by atomic mass is 19.1. The Hall–Kier alpha value is -2.31. The van der Waals surface area contributed by atoms with Crippen molar-refractivity contribution in [2.24, 2.45) is 5.41 Å². The summed E-state index contributed by atoms with van der Waals surface area (Å²) in [6.45, 7) is 2.31. The number of ether oxygens (including phenoxy) is 2. The molecule has 4 rings (SSSR count). The van der Waals surface area contributed by atoms with Crippen molar-refractivity contribution in [3.63, 3.8) is 0 Å². The van der Waals surface area contributed by atoms with Crippen LogP contribution in [-0.4, -0.2) is 43.4 Å². The van der Waals surface area contributed by atoms with Crippen molar-refractivity contribution in [3.8, 4) is 11.1 Å². The topological polar surface area (TPSA) is 60.5 Å². The summed E-state index contributed by atoms with van der Waals surface area (Å²) in [5.74, 6) is -0.309. The number of benzene rings is 1. The number of halogens is 1. The Morgan fingerprint density at radius 1 is 1.21 bits per heavy atom. The van der Waals surface area contributed by atoms with Crippen LogP contribution in [0, 0.1) is 11.2 Å². The molecular formula is C23H27FN2O3. The number of amides is 1. The van der Waals surface area contributed by atoms with Crippen LogP contribution in [-0.2, 0) is 20.7 Å². The molecule has 29 heavy (non-hydrogen) atoms. The lowest BCUT2D eigenvalue weighted by atomic mass is 9.74. The Kier molecular flexibility index (Phi) is 6.21. The van der Waals surface area contributed by atoms with Crippen LogP contribution < -0.4 is 5.32 Å². The van der Waals surface area contributed by atoms with Gasteiger partial charge in [-0.1, -0.05) is 18.2 Å². The quantitative estimate of drug-likeness (QED) is 0.809. The largest absolute Gasteiger partial charge is 0.381 e. The van der Waals surface area contributed by atoms with E-state index in [9.17, 15) is 9.18 Å². The Labute approximate surface area is 170 Å². The molecule has 0 radical (unpaired) electrons. The summed E-state index contributed by atoms with van der Waals surface area (Å²) in [6, 6.07) is 8.95. The Bertz CT molecular complexity index is 831. The van der Waals surface area contributed by atoms with Gasteiger partial charge < -0.3 is 14.8 Å². The second-order valence-corrected chi connectivity index (χ2v) is 7.96. The minimum atomic E-state index is -0.645. The molecule has 2 saturated heterocycles. The summed E-state index contributed by atoms with van der Waals surface area (Å²) in [6.07, 6.45) is 7.06. The van der Waals surface area contributed by atoms with Crippen molar-refractivity contribution in [1.82, 2.24) is 10.3 Å². The lowest BCUT2D eigenvalue weighted by molar-refractivity contribution is -0.137. The normalized spacial score (nSPS) is 21.1. The summed E-state index contributed by atoms with van der Waals surface area (Å²) < 4.78 is 26.1. The first-order valence-electron chi connectivity index (χ1n) is 10.3. The van der Waals surface area contributed by atoms with E-state index in [1.54, 1.807) is 18.5 Å². The third-order valence-electron chi connectivity index (χ3n) is 6.02. The molecule has 0 spiro atoms. The average Bonchev–Trinajstić information content (AvgIpc) is 3.28. The highest BCUT2D eigenvalue weighted by molar-refractivity contribution is 5.83. The van der Waals surface area contributed by atoms with E-state index >= 15 is 0 Å². The third-order valence-corrected chi connectivity index (χ3v) is 6.02. The molecule has 5 nitrogen and oxygen atoms in total. The first-order chi connectivity index (χ1) is 14.2. The van der Waals surface area contributed by atoms with Crippen molar-refractivity contribution in [3.05, 3.63) is 54.1 Å². The molecule has 1 aromatic heterocycles. The number of nitrogens with one attached hydrogen (secondary N) is 1. The molecule has 1 amide bonds. The second-order valence-electron chi connectivity index (χ2n) is 7.96. The van der Waals surface area contributed by atoms with Gasteiger partial charge in [-0.3, -0.25) is 9.78 Å². The molecule has 2 aromatic rings. The standard InChI is InChI=1S/C23H27FN2O3/c24-21-13-17(19-3-1-9-25-15-19)5-6-18(21)14-23(7-11-28-12-8-23)22(27)26-16-20-4-2-10-29-20/h1,3,5-6,9,13,15,20H,2,4,7-8,10-12,14,16H2,(H,26,27)/t20-/m1/s1. The third kappa shape index (κ3) is 4.65. The lowest BCUT2D eigenvalue weighted by Gasteiger charge is -2.36. The van der Waals surface area contributed by atoms with Crippen LogP contribution >= 0.6 is 0 Å². The molecule has 0 aliphatic carbocycles. The van der Waals surface area contributed by atoms with E-state index in [0.717, 1.165) is 30.6 Å². The lowest BCUT2D eigenvalue weighted by Crippen LogP contribution is -2.48. The number of hydrogen-bond acceptors (Lipinski definition) is 4. The smallest absolute Gasteiger partial charge is 0.226 e. The SMILES string of the molecule is O=C(NC[C@H]1CCCO1)C1(Cc2ccc(-c3cccnc3)cc2F)CCOCC1. The summed E-state index contributed by atoms with van der Waals surface area (Å²) in [4.78, 5) is 17.2. The van der Waals surface area contributed by atoms with E-state index in [0.29, 0.717) is 44.6 Å². The number of nitrogens with zero attached hydrogens (tertiary/aromatic N) is 1. The first kappa shape index (κ1) is 20.0.